The molecule has 0 aliphatic heterocycles. The molecule has 0 radical (unpaired) electrons. The zero-order valence-electron chi connectivity index (χ0n) is 10.6. The molecule has 1 N–H and O–H groups in total. The largest absolute Gasteiger partial charge is 0.379 e. The van der Waals surface area contributed by atoms with Crippen molar-refractivity contribution in [2.24, 2.45) is 7.05 Å². The van der Waals surface area contributed by atoms with E-state index in [1.54, 1.807) is 11.3 Å². The second-order valence-electron chi connectivity index (χ2n) is 4.36. The van der Waals surface area contributed by atoms with E-state index in [0.717, 1.165) is 33.6 Å². The molecule has 6 heteroatoms. The van der Waals surface area contributed by atoms with Gasteiger partial charge in [0.25, 0.3) is 0 Å². The quantitative estimate of drug-likeness (QED) is 0.792. The summed E-state index contributed by atoms with van der Waals surface area (Å²) in [5.74, 6) is 0. The number of anilines is 1. The Bertz CT molecular complexity index is 731. The topological polar surface area (TPSA) is 42.7 Å². The molecule has 0 unspecified atom stereocenters. The van der Waals surface area contributed by atoms with Gasteiger partial charge in [0, 0.05) is 12.7 Å². The highest BCUT2D eigenvalue weighted by Crippen LogP contribution is 2.24. The maximum Gasteiger partial charge on any atom is 0.0813 e. The van der Waals surface area contributed by atoms with Crippen molar-refractivity contribution in [3.63, 3.8) is 0 Å². The van der Waals surface area contributed by atoms with Crippen LogP contribution in [0.5, 0.6) is 0 Å². The van der Waals surface area contributed by atoms with Gasteiger partial charge in [-0.25, -0.2) is 4.98 Å². The van der Waals surface area contributed by atoms with Gasteiger partial charge in [-0.15, -0.1) is 11.3 Å². The van der Waals surface area contributed by atoms with Gasteiger partial charge < -0.3 is 5.32 Å². The number of hydrogen-bond acceptors (Lipinski definition) is 4. The number of aromatic nitrogens is 3. The fraction of sp³-hybridized carbons (Fsp3) is 0.231. The van der Waals surface area contributed by atoms with Crippen LogP contribution in [0.15, 0.2) is 28.2 Å². The van der Waals surface area contributed by atoms with Crippen molar-refractivity contribution in [1.29, 1.82) is 0 Å². The lowest BCUT2D eigenvalue weighted by molar-refractivity contribution is 0.712. The number of nitrogens with one attached hydrogen (secondary N) is 1. The van der Waals surface area contributed by atoms with E-state index in [2.05, 4.69) is 43.5 Å². The van der Waals surface area contributed by atoms with Crippen LogP contribution < -0.4 is 5.32 Å². The molecule has 0 aliphatic rings. The van der Waals surface area contributed by atoms with Gasteiger partial charge in [-0.3, -0.25) is 4.68 Å². The Morgan fingerprint density at radius 2 is 2.26 bits per heavy atom. The molecular formula is C13H13BrN4S. The molecule has 1 aromatic carbocycles. The zero-order valence-corrected chi connectivity index (χ0v) is 13.0. The van der Waals surface area contributed by atoms with Crippen molar-refractivity contribution in [3.8, 4) is 0 Å². The molecule has 2 heterocycles. The van der Waals surface area contributed by atoms with Gasteiger partial charge in [0.15, 0.2) is 0 Å². The smallest absolute Gasteiger partial charge is 0.0813 e. The Morgan fingerprint density at radius 3 is 3.00 bits per heavy atom. The molecule has 0 fully saturated rings. The Kier molecular flexibility index (Phi) is 3.28. The van der Waals surface area contributed by atoms with E-state index in [-0.39, 0.29) is 0 Å². The first-order chi connectivity index (χ1) is 9.15. The highest BCUT2D eigenvalue weighted by atomic mass is 79.9. The van der Waals surface area contributed by atoms with Gasteiger partial charge in [0.05, 0.1) is 38.1 Å². The number of aryl methyl sites for hydroxylation is 2. The molecule has 2 aromatic heterocycles. The van der Waals surface area contributed by atoms with Crippen LogP contribution in [0.3, 0.4) is 0 Å². The lowest BCUT2D eigenvalue weighted by atomic mass is 10.3. The Labute approximate surface area is 123 Å². The molecule has 19 heavy (non-hydrogen) atoms. The zero-order chi connectivity index (χ0) is 13.4. The number of nitrogens with zero attached hydrogens (tertiary/aromatic N) is 3. The summed E-state index contributed by atoms with van der Waals surface area (Å²) in [6.45, 7) is 2.74. The number of fused-ring (bicyclic) bond motifs is 1. The van der Waals surface area contributed by atoms with E-state index in [0.29, 0.717) is 0 Å². The van der Waals surface area contributed by atoms with E-state index >= 15 is 0 Å². The minimum absolute atomic E-state index is 0.738. The summed E-state index contributed by atoms with van der Waals surface area (Å²) >= 11 is 5.23. The number of hydrogen-bond donors (Lipinski definition) is 1. The van der Waals surface area contributed by atoms with Gasteiger partial charge in [-0.1, -0.05) is 0 Å². The molecule has 4 nitrogen and oxygen atoms in total. The third-order valence-electron chi connectivity index (χ3n) is 3.05. The van der Waals surface area contributed by atoms with Crippen molar-refractivity contribution in [3.05, 3.63) is 39.6 Å². The first kappa shape index (κ1) is 12.6. The van der Waals surface area contributed by atoms with Gasteiger partial charge in [0.1, 0.15) is 0 Å². The minimum Gasteiger partial charge on any atom is -0.379 e. The van der Waals surface area contributed by atoms with Crippen LogP contribution >= 0.6 is 27.3 Å². The first-order valence-electron chi connectivity index (χ1n) is 5.90. The Balaban J connectivity index is 1.81. The normalized spacial score (nSPS) is 11.1. The maximum atomic E-state index is 4.39. The van der Waals surface area contributed by atoms with Crippen LogP contribution in [0.25, 0.3) is 10.2 Å². The Hall–Kier alpha value is -1.40. The molecule has 3 rings (SSSR count). The van der Waals surface area contributed by atoms with Crippen LogP contribution in [0.4, 0.5) is 5.69 Å². The van der Waals surface area contributed by atoms with E-state index in [1.165, 1.54) is 4.70 Å². The van der Waals surface area contributed by atoms with Crippen LogP contribution in [-0.4, -0.2) is 14.8 Å². The van der Waals surface area contributed by atoms with Crippen LogP contribution in [0.1, 0.15) is 11.4 Å². The summed E-state index contributed by atoms with van der Waals surface area (Å²) in [4.78, 5) is 4.28. The summed E-state index contributed by atoms with van der Waals surface area (Å²) in [6.07, 6.45) is 0. The average Bonchev–Trinajstić information content (AvgIpc) is 2.94. The molecule has 0 atom stereocenters. The van der Waals surface area contributed by atoms with Crippen LogP contribution in [0, 0.1) is 6.92 Å². The molecule has 3 aromatic rings. The molecule has 0 spiro atoms. The van der Waals surface area contributed by atoms with Crippen molar-refractivity contribution in [1.82, 2.24) is 14.8 Å². The first-order valence-corrected chi connectivity index (χ1v) is 7.57. The minimum atomic E-state index is 0.738. The number of rotatable bonds is 3. The lowest BCUT2D eigenvalue weighted by Gasteiger charge is -2.07. The van der Waals surface area contributed by atoms with Gasteiger partial charge in [-0.2, -0.15) is 5.10 Å². The van der Waals surface area contributed by atoms with Crippen molar-refractivity contribution in [2.75, 3.05) is 5.32 Å². The van der Waals surface area contributed by atoms with Crippen molar-refractivity contribution in [2.45, 2.75) is 13.5 Å². The van der Waals surface area contributed by atoms with Crippen LogP contribution in [-0.2, 0) is 13.6 Å². The SMILES string of the molecule is Cc1nn(C)c(CNc2ccc3ncsc3c2)c1Br. The van der Waals surface area contributed by atoms with Crippen molar-refractivity contribution >= 4 is 43.2 Å². The highest BCUT2D eigenvalue weighted by Gasteiger charge is 2.10. The van der Waals surface area contributed by atoms with E-state index in [9.17, 15) is 0 Å². The van der Waals surface area contributed by atoms with E-state index in [1.807, 2.05) is 30.2 Å². The highest BCUT2D eigenvalue weighted by molar-refractivity contribution is 9.10. The van der Waals surface area contributed by atoms with Gasteiger partial charge in [-0.05, 0) is 41.1 Å². The summed E-state index contributed by atoms with van der Waals surface area (Å²) in [5, 5.41) is 7.81. The lowest BCUT2D eigenvalue weighted by Crippen LogP contribution is -2.05. The number of benzene rings is 1. The Morgan fingerprint density at radius 1 is 1.42 bits per heavy atom. The third kappa shape index (κ3) is 2.37. The predicted octanol–water partition coefficient (Wildman–Crippen LogP) is 3.71. The van der Waals surface area contributed by atoms with E-state index < -0.39 is 0 Å². The van der Waals surface area contributed by atoms with Crippen LogP contribution in [0.2, 0.25) is 0 Å². The molecule has 0 amide bonds. The number of thiazole rings is 1. The second kappa shape index (κ2) is 4.94. The van der Waals surface area contributed by atoms with Crippen molar-refractivity contribution < 1.29 is 0 Å². The fourth-order valence-electron chi connectivity index (χ4n) is 2.02. The summed E-state index contributed by atoms with van der Waals surface area (Å²) < 4.78 is 4.17. The number of halogens is 1. The van der Waals surface area contributed by atoms with Gasteiger partial charge >= 0.3 is 0 Å². The standard InChI is InChI=1S/C13H13BrN4S/c1-8-13(14)11(18(2)17-8)6-15-9-3-4-10-12(5-9)19-7-16-10/h3-5,7,15H,6H2,1-2H3. The van der Waals surface area contributed by atoms with Gasteiger partial charge in [0.2, 0.25) is 0 Å². The molecular weight excluding hydrogens is 324 g/mol. The molecule has 0 saturated carbocycles. The molecule has 0 bridgehead atoms. The summed E-state index contributed by atoms with van der Waals surface area (Å²) in [7, 11) is 1.96. The fourth-order valence-corrected chi connectivity index (χ4v) is 3.22. The molecule has 0 saturated heterocycles. The van der Waals surface area contributed by atoms with E-state index in [4.69, 9.17) is 0 Å². The average molecular weight is 337 g/mol. The predicted molar refractivity (Wildman–Crippen MR) is 82.6 cm³/mol. The second-order valence-corrected chi connectivity index (χ2v) is 6.04. The monoisotopic (exact) mass is 336 g/mol. The molecule has 0 aliphatic carbocycles. The summed E-state index contributed by atoms with van der Waals surface area (Å²) in [6, 6.07) is 6.22. The summed E-state index contributed by atoms with van der Waals surface area (Å²) in [5.41, 5.74) is 6.17. The maximum absolute atomic E-state index is 4.39. The molecule has 98 valence electrons. The third-order valence-corrected chi connectivity index (χ3v) is 4.88.